The molecule has 0 bridgehead atoms. The van der Waals surface area contributed by atoms with Gasteiger partial charge in [0.2, 0.25) is 11.8 Å². The number of hydrogen-bond donors (Lipinski definition) is 5. The molecular formula is C30H41N7O8. The van der Waals surface area contributed by atoms with Gasteiger partial charge < -0.3 is 31.6 Å². The van der Waals surface area contributed by atoms with E-state index in [-0.39, 0.29) is 51.4 Å². The van der Waals surface area contributed by atoms with E-state index in [1.54, 1.807) is 55.7 Å². The highest BCUT2D eigenvalue weighted by Crippen LogP contribution is 2.10. The number of carbonyl (C=O) groups is 4. The molecular weight excluding hydrogens is 586 g/mol. The molecule has 0 aliphatic heterocycles. The average Bonchev–Trinajstić information content (AvgIpc) is 3.02. The first kappa shape index (κ1) is 36.1. The van der Waals surface area contributed by atoms with E-state index in [0.717, 1.165) is 11.1 Å². The van der Waals surface area contributed by atoms with Crippen molar-refractivity contribution >= 4 is 29.7 Å². The summed E-state index contributed by atoms with van der Waals surface area (Å²) >= 11 is 0. The van der Waals surface area contributed by atoms with Gasteiger partial charge in [-0.25, -0.2) is 19.9 Å². The number of rotatable bonds is 18. The second-order valence-electron chi connectivity index (χ2n) is 10.4. The summed E-state index contributed by atoms with van der Waals surface area (Å²) in [6.45, 7) is 3.48. The van der Waals surface area contributed by atoms with E-state index in [9.17, 15) is 29.3 Å². The average molecular weight is 628 g/mol. The summed E-state index contributed by atoms with van der Waals surface area (Å²) in [5.74, 6) is -3.34. The number of esters is 2. The first-order valence-corrected chi connectivity index (χ1v) is 14.4. The van der Waals surface area contributed by atoms with Crippen LogP contribution in [0.1, 0.15) is 50.7 Å². The largest absolute Gasteiger partial charge is 0.461 e. The van der Waals surface area contributed by atoms with E-state index in [4.69, 9.17) is 20.9 Å². The van der Waals surface area contributed by atoms with Gasteiger partial charge in [0.1, 0.15) is 25.3 Å². The standard InChI is InChI=1S/C30H41N7O8/c1-20(2)26(31)28(40)34-23(15-16-25(38)44-18-21-10-5-3-6-11-21)27(39)35-24(14-9-17-33-30(32)36-37(42)43)29(41)45-19-22-12-7-4-8-13-22/h3-8,10-13,20,23-24,26H,9,14-19,31H2,1-2H3,(H,34,40)(H,35,39)(H3,32,33,36)/t23-,24-,26-/m0/s1. The van der Waals surface area contributed by atoms with Gasteiger partial charge in [-0.05, 0) is 36.3 Å². The molecule has 15 nitrogen and oxygen atoms in total. The third kappa shape index (κ3) is 14.3. The molecule has 0 heterocycles. The lowest BCUT2D eigenvalue weighted by molar-refractivity contribution is -0.525. The van der Waals surface area contributed by atoms with E-state index in [1.807, 2.05) is 24.3 Å². The van der Waals surface area contributed by atoms with Crippen molar-refractivity contribution in [1.29, 1.82) is 0 Å². The number of nitrogens with two attached hydrogens (primary N) is 2. The number of nitrogens with zero attached hydrogens (tertiary/aromatic N) is 2. The topological polar surface area (TPSA) is 230 Å². The molecule has 244 valence electrons. The molecule has 0 unspecified atom stereocenters. The van der Waals surface area contributed by atoms with Crippen LogP contribution in [0.2, 0.25) is 0 Å². The van der Waals surface area contributed by atoms with E-state index in [2.05, 4.69) is 15.6 Å². The van der Waals surface area contributed by atoms with Crippen molar-refractivity contribution in [3.8, 4) is 0 Å². The second kappa shape index (κ2) is 19.3. The SMILES string of the molecule is CC(C)[C@H](N)C(=O)N[C@@H](CCC(=O)OCc1ccccc1)C(=O)N[C@@H](CCCN=C(N)N[N+](=O)[O-])C(=O)OCc1ccccc1. The minimum absolute atomic E-state index is 0.00166. The lowest BCUT2D eigenvalue weighted by Gasteiger charge is -2.24. The monoisotopic (exact) mass is 627 g/mol. The fourth-order valence-electron chi connectivity index (χ4n) is 3.89. The third-order valence-electron chi connectivity index (χ3n) is 6.50. The Morgan fingerprint density at radius 2 is 1.42 bits per heavy atom. The maximum atomic E-state index is 13.5. The molecule has 0 saturated carbocycles. The summed E-state index contributed by atoms with van der Waals surface area (Å²) in [4.78, 5) is 66.1. The lowest BCUT2D eigenvalue weighted by atomic mass is 10.0. The molecule has 0 fully saturated rings. The van der Waals surface area contributed by atoms with Gasteiger partial charge in [0, 0.05) is 13.0 Å². The summed E-state index contributed by atoms with van der Waals surface area (Å²) in [6, 6.07) is 14.6. The fourth-order valence-corrected chi connectivity index (χ4v) is 3.89. The van der Waals surface area contributed by atoms with Gasteiger partial charge in [-0.2, -0.15) is 0 Å². The highest BCUT2D eigenvalue weighted by Gasteiger charge is 2.30. The zero-order valence-corrected chi connectivity index (χ0v) is 25.3. The van der Waals surface area contributed by atoms with Crippen molar-refractivity contribution in [3.63, 3.8) is 0 Å². The van der Waals surface area contributed by atoms with Crippen LogP contribution < -0.4 is 27.5 Å². The van der Waals surface area contributed by atoms with Gasteiger partial charge in [0.15, 0.2) is 5.03 Å². The summed E-state index contributed by atoms with van der Waals surface area (Å²) in [5, 5.41) is 14.9. The summed E-state index contributed by atoms with van der Waals surface area (Å²) < 4.78 is 10.7. The Morgan fingerprint density at radius 1 is 0.867 bits per heavy atom. The summed E-state index contributed by atoms with van der Waals surface area (Å²) in [5.41, 5.74) is 14.6. The number of guanidine groups is 1. The van der Waals surface area contributed by atoms with Gasteiger partial charge >= 0.3 is 11.9 Å². The minimum atomic E-state index is -1.23. The number of benzene rings is 2. The van der Waals surface area contributed by atoms with E-state index in [0.29, 0.717) is 0 Å². The normalized spacial score (nSPS) is 13.2. The van der Waals surface area contributed by atoms with Crippen molar-refractivity contribution < 1.29 is 33.7 Å². The number of nitrogens with one attached hydrogen (secondary N) is 3. The highest BCUT2D eigenvalue weighted by atomic mass is 16.7. The molecule has 0 aliphatic rings. The summed E-state index contributed by atoms with van der Waals surface area (Å²) in [6.07, 6.45) is -0.121. The van der Waals surface area contributed by atoms with Gasteiger partial charge in [-0.3, -0.25) is 14.4 Å². The van der Waals surface area contributed by atoms with Crippen molar-refractivity contribution in [3.05, 3.63) is 81.9 Å². The van der Waals surface area contributed by atoms with Crippen LogP contribution in [0.3, 0.4) is 0 Å². The number of ether oxygens (including phenoxy) is 2. The van der Waals surface area contributed by atoms with Crippen LogP contribution in [-0.2, 0) is 41.9 Å². The number of amides is 2. The predicted molar refractivity (Wildman–Crippen MR) is 164 cm³/mol. The molecule has 7 N–H and O–H groups in total. The predicted octanol–water partition coefficient (Wildman–Crippen LogP) is 1.08. The molecule has 3 atom stereocenters. The van der Waals surface area contributed by atoms with Crippen molar-refractivity contribution in [1.82, 2.24) is 16.1 Å². The number of hydrogen-bond acceptors (Lipinski definition) is 10. The molecule has 0 aromatic heterocycles. The Labute approximate surface area is 261 Å². The zero-order chi connectivity index (χ0) is 33.2. The van der Waals surface area contributed by atoms with Crippen LogP contribution >= 0.6 is 0 Å². The van der Waals surface area contributed by atoms with Crippen molar-refractivity contribution in [2.75, 3.05) is 6.54 Å². The van der Waals surface area contributed by atoms with Crippen LogP contribution in [0.15, 0.2) is 65.7 Å². The van der Waals surface area contributed by atoms with Crippen LogP contribution in [0, 0.1) is 16.0 Å². The number of nitro groups is 1. The Bertz CT molecular complexity index is 1290. The molecule has 45 heavy (non-hydrogen) atoms. The molecule has 15 heteroatoms. The van der Waals surface area contributed by atoms with Crippen LogP contribution in [0.5, 0.6) is 0 Å². The van der Waals surface area contributed by atoms with Gasteiger partial charge in [-0.15, -0.1) is 0 Å². The Morgan fingerprint density at radius 3 is 1.98 bits per heavy atom. The Kier molecular flexibility index (Phi) is 15.5. The van der Waals surface area contributed by atoms with Gasteiger partial charge in [0.25, 0.3) is 5.96 Å². The molecule has 0 radical (unpaired) electrons. The smallest absolute Gasteiger partial charge is 0.328 e. The number of hydrazine groups is 1. The first-order chi connectivity index (χ1) is 21.5. The summed E-state index contributed by atoms with van der Waals surface area (Å²) in [7, 11) is 0. The maximum Gasteiger partial charge on any atom is 0.328 e. The zero-order valence-electron chi connectivity index (χ0n) is 25.3. The Hall–Kier alpha value is -5.05. The molecule has 2 aromatic carbocycles. The molecule has 2 aromatic rings. The molecule has 2 amide bonds. The van der Waals surface area contributed by atoms with E-state index < -0.39 is 52.9 Å². The third-order valence-corrected chi connectivity index (χ3v) is 6.50. The molecule has 0 spiro atoms. The number of aliphatic imine (C=N–C) groups is 1. The minimum Gasteiger partial charge on any atom is -0.461 e. The van der Waals surface area contributed by atoms with E-state index >= 15 is 0 Å². The van der Waals surface area contributed by atoms with Gasteiger partial charge in [0.05, 0.1) is 6.04 Å². The fraction of sp³-hybridized carbons (Fsp3) is 0.433. The molecule has 0 aliphatic carbocycles. The van der Waals surface area contributed by atoms with Crippen LogP contribution in [0.4, 0.5) is 0 Å². The lowest BCUT2D eigenvalue weighted by Crippen LogP contribution is -2.55. The van der Waals surface area contributed by atoms with E-state index in [1.165, 1.54) is 0 Å². The van der Waals surface area contributed by atoms with Crippen LogP contribution in [-0.4, -0.2) is 59.4 Å². The highest BCUT2D eigenvalue weighted by molar-refractivity contribution is 5.92. The number of carbonyl (C=O) groups excluding carboxylic acids is 4. The van der Waals surface area contributed by atoms with Gasteiger partial charge in [-0.1, -0.05) is 79.9 Å². The van der Waals surface area contributed by atoms with Crippen LogP contribution in [0.25, 0.3) is 0 Å². The second-order valence-corrected chi connectivity index (χ2v) is 10.4. The Balaban J connectivity index is 2.13. The molecule has 2 rings (SSSR count). The maximum absolute atomic E-state index is 13.5. The van der Waals surface area contributed by atoms with Crippen molar-refractivity contribution in [2.24, 2.45) is 22.4 Å². The van der Waals surface area contributed by atoms with Crippen molar-refractivity contribution in [2.45, 2.75) is 70.9 Å². The quantitative estimate of drug-likeness (QED) is 0.0392. The molecule has 0 saturated heterocycles. The first-order valence-electron chi connectivity index (χ1n) is 14.4.